The standard InChI is InChI=1S/C29H33ClN2O6S/c30-22-6-8-24-19(13-22)3-1-10-29(24)17-32-15-21-4-7-23(21)26(33)16-37-11-2-12-39(35,36)31-28(34)20-5-9-27(38-18-29)25(32)14-20/h2,5-6,8-9,12-14,21,23,26,33H,1,3-4,7,10-11,15-18H2,(H,31,34)/b12-2-/t21-,23+,26+,29-/m0/s1. The average molecular weight is 573 g/mol. The number of carbonyl (C=O) groups is 1. The van der Waals surface area contributed by atoms with Gasteiger partial charge in [-0.1, -0.05) is 17.7 Å². The number of fused-ring (bicyclic) bond motifs is 4. The van der Waals surface area contributed by atoms with Crippen LogP contribution in [0.25, 0.3) is 0 Å². The van der Waals surface area contributed by atoms with Crippen LogP contribution in [-0.2, 0) is 26.6 Å². The van der Waals surface area contributed by atoms with Crippen LogP contribution in [-0.4, -0.2) is 58.4 Å². The number of hydrogen-bond acceptors (Lipinski definition) is 7. The summed E-state index contributed by atoms with van der Waals surface area (Å²) in [5, 5.41) is 12.5. The van der Waals surface area contributed by atoms with Gasteiger partial charge in [-0.05, 0) is 91.5 Å². The number of carbonyl (C=O) groups excluding carboxylic acids is 1. The maximum atomic E-state index is 13.0. The molecule has 8 nitrogen and oxygen atoms in total. The van der Waals surface area contributed by atoms with Crippen LogP contribution in [0.15, 0.2) is 47.9 Å². The number of aliphatic hydroxyl groups is 1. The second-order valence-corrected chi connectivity index (χ2v) is 13.2. The summed E-state index contributed by atoms with van der Waals surface area (Å²) in [5.74, 6) is 0.288. The maximum absolute atomic E-state index is 13.0. The van der Waals surface area contributed by atoms with Crippen molar-refractivity contribution < 1.29 is 27.8 Å². The van der Waals surface area contributed by atoms with E-state index in [9.17, 15) is 18.3 Å². The molecule has 2 aromatic rings. The lowest BCUT2D eigenvalue weighted by Gasteiger charge is -2.45. The zero-order chi connectivity index (χ0) is 27.2. The van der Waals surface area contributed by atoms with Crippen molar-refractivity contribution in [2.75, 3.05) is 37.8 Å². The van der Waals surface area contributed by atoms with Gasteiger partial charge in [-0.2, -0.15) is 0 Å². The Morgan fingerprint density at radius 2 is 2.03 bits per heavy atom. The summed E-state index contributed by atoms with van der Waals surface area (Å²) in [4.78, 5) is 15.3. The van der Waals surface area contributed by atoms with Crippen molar-refractivity contribution in [1.29, 1.82) is 0 Å². The lowest BCUT2D eigenvalue weighted by molar-refractivity contribution is -0.0367. The molecule has 1 saturated carbocycles. The highest BCUT2D eigenvalue weighted by Crippen LogP contribution is 2.46. The van der Waals surface area contributed by atoms with Gasteiger partial charge in [0.05, 0.1) is 31.6 Å². The van der Waals surface area contributed by atoms with Crippen LogP contribution in [0.4, 0.5) is 5.69 Å². The summed E-state index contributed by atoms with van der Waals surface area (Å²) in [6, 6.07) is 11.2. The molecule has 1 amide bonds. The average Bonchev–Trinajstić information content (AvgIpc) is 3.02. The summed E-state index contributed by atoms with van der Waals surface area (Å²) in [5.41, 5.74) is 3.21. The summed E-state index contributed by atoms with van der Waals surface area (Å²) >= 11 is 6.35. The van der Waals surface area contributed by atoms with Gasteiger partial charge in [0.1, 0.15) is 5.75 Å². The van der Waals surface area contributed by atoms with Crippen molar-refractivity contribution in [2.45, 2.75) is 43.6 Å². The number of hydrogen-bond donors (Lipinski definition) is 2. The van der Waals surface area contributed by atoms with Crippen molar-refractivity contribution in [3.63, 3.8) is 0 Å². The van der Waals surface area contributed by atoms with Gasteiger partial charge >= 0.3 is 0 Å². The van der Waals surface area contributed by atoms with Crippen LogP contribution < -0.4 is 14.4 Å². The molecule has 1 spiro atoms. The number of nitrogens with one attached hydrogen (secondary N) is 1. The van der Waals surface area contributed by atoms with Crippen LogP contribution >= 0.6 is 11.6 Å². The van der Waals surface area contributed by atoms with E-state index in [2.05, 4.69) is 21.8 Å². The molecule has 208 valence electrons. The topological polar surface area (TPSA) is 105 Å². The van der Waals surface area contributed by atoms with E-state index in [0.717, 1.165) is 48.2 Å². The molecule has 4 atom stereocenters. The molecular weight excluding hydrogens is 540 g/mol. The Hall–Kier alpha value is -2.59. The Morgan fingerprint density at radius 3 is 2.85 bits per heavy atom. The number of aliphatic hydroxyl groups excluding tert-OH is 1. The molecule has 0 unspecified atom stereocenters. The predicted molar refractivity (Wildman–Crippen MR) is 149 cm³/mol. The first-order chi connectivity index (χ1) is 18.7. The van der Waals surface area contributed by atoms with Crippen molar-refractivity contribution in [1.82, 2.24) is 4.72 Å². The molecule has 2 heterocycles. The highest BCUT2D eigenvalue weighted by Gasteiger charge is 2.44. The first-order valence-electron chi connectivity index (χ1n) is 13.5. The maximum Gasteiger partial charge on any atom is 0.265 e. The minimum atomic E-state index is -4.01. The Kier molecular flexibility index (Phi) is 7.12. The Morgan fingerprint density at radius 1 is 1.15 bits per heavy atom. The molecule has 4 aliphatic rings. The normalized spacial score (nSPS) is 31.1. The van der Waals surface area contributed by atoms with Gasteiger partial charge in [-0.25, -0.2) is 13.1 Å². The van der Waals surface area contributed by atoms with Gasteiger partial charge in [0.25, 0.3) is 15.9 Å². The molecule has 1 fully saturated rings. The molecule has 39 heavy (non-hydrogen) atoms. The van der Waals surface area contributed by atoms with Gasteiger partial charge in [0.2, 0.25) is 0 Å². The lowest BCUT2D eigenvalue weighted by Crippen LogP contribution is -2.50. The molecule has 2 aliphatic heterocycles. The molecule has 2 aromatic carbocycles. The van der Waals surface area contributed by atoms with Crippen molar-refractivity contribution >= 4 is 33.2 Å². The van der Waals surface area contributed by atoms with Crippen LogP contribution in [0.1, 0.15) is 47.2 Å². The van der Waals surface area contributed by atoms with Crippen LogP contribution in [0, 0.1) is 11.8 Å². The number of ether oxygens (including phenoxy) is 2. The summed E-state index contributed by atoms with van der Waals surface area (Å²) in [6.45, 7) is 2.00. The number of sulfonamides is 1. The molecule has 2 aliphatic carbocycles. The number of benzene rings is 2. The first kappa shape index (κ1) is 26.6. The largest absolute Gasteiger partial charge is 0.490 e. The number of anilines is 1. The van der Waals surface area contributed by atoms with Crippen LogP contribution in [0.3, 0.4) is 0 Å². The fraction of sp³-hybridized carbons (Fsp3) is 0.483. The van der Waals surface area contributed by atoms with E-state index in [1.54, 1.807) is 18.2 Å². The molecule has 2 N–H and O–H groups in total. The number of rotatable bonds is 0. The lowest BCUT2D eigenvalue weighted by atomic mass is 9.68. The fourth-order valence-electron chi connectivity index (χ4n) is 6.63. The second-order valence-electron chi connectivity index (χ2n) is 11.2. The smallest absolute Gasteiger partial charge is 0.265 e. The fourth-order valence-corrected chi connectivity index (χ4v) is 7.61. The highest BCUT2D eigenvalue weighted by molar-refractivity contribution is 7.92. The van der Waals surface area contributed by atoms with Crippen LogP contribution in [0.5, 0.6) is 5.75 Å². The molecule has 6 rings (SSSR count). The third kappa shape index (κ3) is 5.29. The van der Waals surface area contributed by atoms with E-state index < -0.39 is 22.0 Å². The van der Waals surface area contributed by atoms with Gasteiger partial charge < -0.3 is 19.5 Å². The minimum absolute atomic E-state index is 0.0256. The van der Waals surface area contributed by atoms with Gasteiger partial charge in [0.15, 0.2) is 0 Å². The Labute approximate surface area is 234 Å². The monoisotopic (exact) mass is 572 g/mol. The summed E-state index contributed by atoms with van der Waals surface area (Å²) in [6.07, 6.45) is 5.53. The molecule has 2 bridgehead atoms. The molecule has 0 radical (unpaired) electrons. The van der Waals surface area contributed by atoms with E-state index in [-0.39, 0.29) is 36.0 Å². The van der Waals surface area contributed by atoms with E-state index in [1.165, 1.54) is 17.2 Å². The van der Waals surface area contributed by atoms with Gasteiger partial charge in [0, 0.05) is 34.5 Å². The Balaban J connectivity index is 1.42. The third-order valence-corrected chi connectivity index (χ3v) is 9.99. The van der Waals surface area contributed by atoms with E-state index in [1.807, 2.05) is 6.07 Å². The number of amides is 1. The zero-order valence-electron chi connectivity index (χ0n) is 21.6. The van der Waals surface area contributed by atoms with Crippen molar-refractivity contribution in [2.24, 2.45) is 11.8 Å². The summed E-state index contributed by atoms with van der Waals surface area (Å²) < 4.78 is 39.1. The SMILES string of the molecule is O=C1NS(=O)(=O)/C=C\COC[C@@H](O)[C@@H]2CC[C@H]2CN2C[C@@]3(CCCc4cc(Cl)ccc43)COc3ccc1cc32. The van der Waals surface area contributed by atoms with E-state index >= 15 is 0 Å². The van der Waals surface area contributed by atoms with Crippen molar-refractivity contribution in [3.05, 3.63) is 69.6 Å². The highest BCUT2D eigenvalue weighted by atomic mass is 35.5. The molecule has 0 aromatic heterocycles. The van der Waals surface area contributed by atoms with Gasteiger partial charge in [-0.15, -0.1) is 0 Å². The number of aryl methyl sites for hydroxylation is 1. The van der Waals surface area contributed by atoms with Crippen LogP contribution in [0.2, 0.25) is 5.02 Å². The first-order valence-corrected chi connectivity index (χ1v) is 15.5. The molecule has 10 heteroatoms. The summed E-state index contributed by atoms with van der Waals surface area (Å²) in [7, 11) is -4.01. The number of halogens is 1. The third-order valence-electron chi connectivity index (χ3n) is 8.74. The van der Waals surface area contributed by atoms with Crippen molar-refractivity contribution in [3.8, 4) is 5.75 Å². The Bertz CT molecular complexity index is 1410. The number of nitrogens with zero attached hydrogens (tertiary/aromatic N) is 1. The minimum Gasteiger partial charge on any atom is -0.490 e. The predicted octanol–water partition coefficient (Wildman–Crippen LogP) is 3.80. The molecular formula is C29H33ClN2O6S. The van der Waals surface area contributed by atoms with E-state index in [4.69, 9.17) is 21.1 Å². The van der Waals surface area contributed by atoms with Gasteiger partial charge in [-0.3, -0.25) is 4.79 Å². The second kappa shape index (κ2) is 10.4. The zero-order valence-corrected chi connectivity index (χ0v) is 23.2. The quantitative estimate of drug-likeness (QED) is 0.495. The van der Waals surface area contributed by atoms with E-state index in [0.29, 0.717) is 25.4 Å². The molecule has 0 saturated heterocycles.